The Kier molecular flexibility index (Phi) is 6.80. The fourth-order valence-corrected chi connectivity index (χ4v) is 2.05. The van der Waals surface area contributed by atoms with Gasteiger partial charge in [0.1, 0.15) is 0 Å². The van der Waals surface area contributed by atoms with Crippen molar-refractivity contribution in [2.24, 2.45) is 5.16 Å². The number of carboxylic acids is 1. The summed E-state index contributed by atoms with van der Waals surface area (Å²) < 4.78 is 41.7. The first-order valence-corrected chi connectivity index (χ1v) is 8.73. The second kappa shape index (κ2) is 8.93. The molecule has 1 aromatic heterocycles. The van der Waals surface area contributed by atoms with Crippen LogP contribution in [0.2, 0.25) is 0 Å². The molecule has 162 valence electrons. The van der Waals surface area contributed by atoms with Gasteiger partial charge in [0.25, 0.3) is 5.91 Å². The van der Waals surface area contributed by atoms with E-state index in [-0.39, 0.29) is 23.4 Å². The number of aliphatic carboxylic acids is 1. The molecule has 0 saturated carbocycles. The molecule has 0 saturated heterocycles. The van der Waals surface area contributed by atoms with Gasteiger partial charge in [0.15, 0.2) is 0 Å². The molecule has 0 bridgehead atoms. The van der Waals surface area contributed by atoms with E-state index in [0.29, 0.717) is 0 Å². The summed E-state index contributed by atoms with van der Waals surface area (Å²) in [5.41, 5.74) is -1.01. The molecule has 0 spiro atoms. The fourth-order valence-electron chi connectivity index (χ4n) is 2.05. The van der Waals surface area contributed by atoms with Crippen LogP contribution >= 0.6 is 0 Å². The van der Waals surface area contributed by atoms with Crippen LogP contribution in [0.15, 0.2) is 33.9 Å². The van der Waals surface area contributed by atoms with Gasteiger partial charge < -0.3 is 19.8 Å². The van der Waals surface area contributed by atoms with E-state index in [0.717, 1.165) is 0 Å². The van der Waals surface area contributed by atoms with Crippen LogP contribution in [-0.4, -0.2) is 45.0 Å². The lowest BCUT2D eigenvalue weighted by Gasteiger charge is -2.20. The quantitative estimate of drug-likeness (QED) is 0.488. The van der Waals surface area contributed by atoms with Crippen LogP contribution < -0.4 is 5.32 Å². The zero-order valence-corrected chi connectivity index (χ0v) is 16.2. The average Bonchev–Trinajstić information content (AvgIpc) is 3.18. The maximum absolute atomic E-state index is 12.5. The third-order valence-electron chi connectivity index (χ3n) is 4.10. The van der Waals surface area contributed by atoms with Crippen molar-refractivity contribution in [3.63, 3.8) is 0 Å². The van der Waals surface area contributed by atoms with Gasteiger partial charge in [-0.2, -0.15) is 18.2 Å². The highest BCUT2D eigenvalue weighted by atomic mass is 19.4. The van der Waals surface area contributed by atoms with E-state index in [1.807, 2.05) is 0 Å². The number of amides is 1. The third kappa shape index (κ3) is 5.55. The Morgan fingerprint density at radius 3 is 2.47 bits per heavy atom. The van der Waals surface area contributed by atoms with Crippen molar-refractivity contribution in [2.45, 2.75) is 45.0 Å². The van der Waals surface area contributed by atoms with E-state index >= 15 is 0 Å². The number of hydrogen-bond acceptors (Lipinski definition) is 7. The second-order valence-electron chi connectivity index (χ2n) is 6.50. The molecule has 1 amide bonds. The predicted molar refractivity (Wildman–Crippen MR) is 97.6 cm³/mol. The molecule has 1 heterocycles. The maximum atomic E-state index is 12.5. The normalized spacial score (nSPS) is 14.9. The van der Waals surface area contributed by atoms with E-state index < -0.39 is 35.6 Å². The summed E-state index contributed by atoms with van der Waals surface area (Å²) in [6.07, 6.45) is -3.32. The summed E-state index contributed by atoms with van der Waals surface area (Å²) in [4.78, 5) is 31.7. The Hall–Kier alpha value is -3.44. The lowest BCUT2D eigenvalue weighted by atomic mass is 10.1. The van der Waals surface area contributed by atoms with Gasteiger partial charge in [0.2, 0.25) is 11.4 Å². The molecule has 2 rings (SSSR count). The first-order valence-electron chi connectivity index (χ1n) is 8.73. The van der Waals surface area contributed by atoms with Crippen molar-refractivity contribution >= 4 is 18.1 Å². The van der Waals surface area contributed by atoms with Gasteiger partial charge in [-0.15, -0.1) is 0 Å². The average molecular weight is 428 g/mol. The van der Waals surface area contributed by atoms with E-state index in [9.17, 15) is 22.8 Å². The molecule has 0 aliphatic rings. The summed E-state index contributed by atoms with van der Waals surface area (Å²) in [7, 11) is 0. The first-order chi connectivity index (χ1) is 14.0. The number of alkyl halides is 3. The molecule has 2 aromatic rings. The van der Waals surface area contributed by atoms with E-state index in [1.54, 1.807) is 13.8 Å². The first kappa shape index (κ1) is 22.8. The van der Waals surface area contributed by atoms with Crippen LogP contribution in [0, 0.1) is 0 Å². The number of oxime groups is 1. The topological polar surface area (TPSA) is 127 Å². The molecule has 2 unspecified atom stereocenters. The predicted octanol–water partition coefficient (Wildman–Crippen LogP) is 3.13. The number of benzene rings is 1. The molecular weight excluding hydrogens is 409 g/mol. The molecule has 0 radical (unpaired) electrons. The lowest BCUT2D eigenvalue weighted by molar-refractivity contribution is -0.164. The molecule has 0 fully saturated rings. The highest BCUT2D eigenvalue weighted by Crippen LogP contribution is 2.29. The van der Waals surface area contributed by atoms with Gasteiger partial charge in [0, 0.05) is 11.1 Å². The smallest absolute Gasteiger partial charge is 0.471 e. The van der Waals surface area contributed by atoms with Gasteiger partial charge in [-0.1, -0.05) is 29.4 Å². The summed E-state index contributed by atoms with van der Waals surface area (Å²) >= 11 is 0. The minimum atomic E-state index is -4.74. The van der Waals surface area contributed by atoms with Gasteiger partial charge in [0.05, 0.1) is 12.3 Å². The number of carbonyl (C=O) groups is 2. The largest absolute Gasteiger partial charge is 0.478 e. The molecule has 2 atom stereocenters. The van der Waals surface area contributed by atoms with Crippen molar-refractivity contribution in [3.8, 4) is 11.4 Å². The number of carbonyl (C=O) groups excluding carboxylic acids is 1. The van der Waals surface area contributed by atoms with Gasteiger partial charge in [-0.3, -0.25) is 4.79 Å². The molecule has 2 N–H and O–H groups in total. The second-order valence-corrected chi connectivity index (χ2v) is 6.50. The lowest BCUT2D eigenvalue weighted by Crippen LogP contribution is -2.37. The maximum Gasteiger partial charge on any atom is 0.471 e. The van der Waals surface area contributed by atoms with Crippen LogP contribution in [0.4, 0.5) is 13.2 Å². The molecular formula is C18H19F3N4O5. The van der Waals surface area contributed by atoms with Crippen molar-refractivity contribution in [1.82, 2.24) is 15.5 Å². The van der Waals surface area contributed by atoms with Crippen LogP contribution in [0.3, 0.4) is 0 Å². The number of halogens is 3. The molecule has 1 aromatic carbocycles. The molecule has 0 aliphatic carbocycles. The molecule has 12 heteroatoms. The van der Waals surface area contributed by atoms with Crippen molar-refractivity contribution in [2.75, 3.05) is 0 Å². The van der Waals surface area contributed by atoms with Crippen LogP contribution in [0.25, 0.3) is 11.4 Å². The van der Waals surface area contributed by atoms with E-state index in [2.05, 4.69) is 25.1 Å². The van der Waals surface area contributed by atoms with Gasteiger partial charge in [-0.05, 0) is 32.4 Å². The Morgan fingerprint density at radius 2 is 1.97 bits per heavy atom. The summed E-state index contributed by atoms with van der Waals surface area (Å²) in [5.74, 6) is -3.37. The monoisotopic (exact) mass is 428 g/mol. The fraction of sp³-hybridized carbons (Fsp3) is 0.389. The van der Waals surface area contributed by atoms with E-state index in [1.165, 1.54) is 37.4 Å². The Morgan fingerprint density at radius 1 is 1.33 bits per heavy atom. The number of carboxylic acid groups (broad SMARTS) is 1. The highest BCUT2D eigenvalue weighted by Gasteiger charge is 2.38. The summed E-state index contributed by atoms with van der Waals surface area (Å²) in [6.45, 7) is 4.61. The minimum Gasteiger partial charge on any atom is -0.478 e. The molecule has 30 heavy (non-hydrogen) atoms. The third-order valence-corrected chi connectivity index (χ3v) is 4.10. The van der Waals surface area contributed by atoms with Gasteiger partial charge >= 0.3 is 18.0 Å². The minimum absolute atomic E-state index is 0.192. The highest BCUT2D eigenvalue weighted by molar-refractivity contribution is 5.96. The number of rotatable bonds is 8. The number of hydrogen-bond donors (Lipinski definition) is 2. The van der Waals surface area contributed by atoms with Crippen LogP contribution in [0.5, 0.6) is 0 Å². The standard InChI is InChI=1S/C18H19F3N4O5/c1-4-17(3,16(27)28)30-22-9-10(2)23-14(26)12-7-5-11(6-8-12)13-24-15(29-25-13)18(19,20)21/h5-10H,4H2,1-3H3,(H,23,26)(H,27,28)/b22-9+. The Bertz CT molecular complexity index is 927. The molecule has 0 aliphatic heterocycles. The van der Waals surface area contributed by atoms with Gasteiger partial charge in [-0.25, -0.2) is 4.79 Å². The van der Waals surface area contributed by atoms with Crippen molar-refractivity contribution in [1.29, 1.82) is 0 Å². The SMILES string of the molecule is CCC(C)(O/N=C/C(C)NC(=O)c1ccc(-c2noc(C(F)(F)F)n2)cc1)C(=O)O. The van der Waals surface area contributed by atoms with Crippen molar-refractivity contribution < 1.29 is 37.2 Å². The van der Waals surface area contributed by atoms with Crippen LogP contribution in [0.1, 0.15) is 43.4 Å². The number of nitrogens with one attached hydrogen (secondary N) is 1. The van der Waals surface area contributed by atoms with E-state index in [4.69, 9.17) is 9.94 Å². The summed E-state index contributed by atoms with van der Waals surface area (Å²) in [5, 5.41) is 18.6. The van der Waals surface area contributed by atoms with Crippen LogP contribution in [-0.2, 0) is 15.8 Å². The Balaban J connectivity index is 1.98. The molecule has 9 nitrogen and oxygen atoms in total. The zero-order valence-electron chi connectivity index (χ0n) is 16.2. The number of nitrogens with zero attached hydrogens (tertiary/aromatic N) is 3. The zero-order chi connectivity index (χ0) is 22.5. The Labute approximate surface area is 168 Å². The summed E-state index contributed by atoms with van der Waals surface area (Å²) in [6, 6.07) is 4.93. The van der Waals surface area contributed by atoms with Crippen molar-refractivity contribution in [3.05, 3.63) is 35.7 Å². The number of aromatic nitrogens is 2.